The molecule has 0 heterocycles. The van der Waals surface area contributed by atoms with E-state index >= 15 is 0 Å². The Bertz CT molecular complexity index is 557. The summed E-state index contributed by atoms with van der Waals surface area (Å²) in [5, 5.41) is 15.1. The summed E-state index contributed by atoms with van der Waals surface area (Å²) in [6.45, 7) is 5.73. The van der Waals surface area contributed by atoms with Crippen molar-refractivity contribution in [2.75, 3.05) is 12.0 Å². The Labute approximate surface area is 129 Å². The van der Waals surface area contributed by atoms with Crippen LogP contribution < -0.4 is 5.43 Å². The molecule has 0 aliphatic rings. The second kappa shape index (κ2) is 8.76. The van der Waals surface area contributed by atoms with Gasteiger partial charge in [0.2, 0.25) is 0 Å². The van der Waals surface area contributed by atoms with Gasteiger partial charge in [-0.15, -0.1) is 0 Å². The second-order valence-electron chi connectivity index (χ2n) is 4.73. The first-order chi connectivity index (χ1) is 10.5. The van der Waals surface area contributed by atoms with Gasteiger partial charge in [0, 0.05) is 11.8 Å². The van der Waals surface area contributed by atoms with Crippen LogP contribution in [0.15, 0.2) is 29.4 Å². The molecule has 0 aliphatic carbocycles. The number of hydrogen-bond acceptors (Lipinski definition) is 6. The molecule has 0 radical (unpaired) electrons. The van der Waals surface area contributed by atoms with Crippen LogP contribution in [0.4, 0.5) is 11.4 Å². The van der Waals surface area contributed by atoms with Crippen molar-refractivity contribution in [2.45, 2.75) is 33.6 Å². The molecule has 0 bridgehead atoms. The Balaban J connectivity index is 2.91. The average Bonchev–Trinajstić information content (AvgIpc) is 2.50. The minimum absolute atomic E-state index is 0.0674. The SMILES string of the molecule is CCCC(C(=O)OCC)/C(C)=N/Nc1ccccc1[N+](=O)[O-]. The molecule has 1 N–H and O–H groups in total. The van der Waals surface area contributed by atoms with Crippen LogP contribution in [0.2, 0.25) is 0 Å². The zero-order valence-corrected chi connectivity index (χ0v) is 13.0. The second-order valence-corrected chi connectivity index (χ2v) is 4.73. The number of benzene rings is 1. The number of ether oxygens (including phenoxy) is 1. The van der Waals surface area contributed by atoms with Crippen LogP contribution in [0.25, 0.3) is 0 Å². The number of hydrazone groups is 1. The number of anilines is 1. The first-order valence-corrected chi connectivity index (χ1v) is 7.21. The highest BCUT2D eigenvalue weighted by Gasteiger charge is 2.22. The Morgan fingerprint density at radius 2 is 2.09 bits per heavy atom. The van der Waals surface area contributed by atoms with E-state index in [0.717, 1.165) is 6.42 Å². The summed E-state index contributed by atoms with van der Waals surface area (Å²) in [5.41, 5.74) is 3.42. The highest BCUT2D eigenvalue weighted by Crippen LogP contribution is 2.23. The maximum Gasteiger partial charge on any atom is 0.314 e. The molecule has 120 valence electrons. The number of para-hydroxylation sites is 2. The summed E-state index contributed by atoms with van der Waals surface area (Å²) in [6.07, 6.45) is 1.43. The summed E-state index contributed by atoms with van der Waals surface area (Å²) in [7, 11) is 0. The van der Waals surface area contributed by atoms with Crippen LogP contribution >= 0.6 is 0 Å². The van der Waals surface area contributed by atoms with Gasteiger partial charge >= 0.3 is 5.97 Å². The van der Waals surface area contributed by atoms with Gasteiger partial charge in [-0.1, -0.05) is 25.5 Å². The van der Waals surface area contributed by atoms with Gasteiger partial charge in [0.05, 0.1) is 17.4 Å². The third-order valence-electron chi connectivity index (χ3n) is 3.11. The summed E-state index contributed by atoms with van der Waals surface area (Å²) in [5.74, 6) is -0.768. The van der Waals surface area contributed by atoms with Crippen LogP contribution in [0, 0.1) is 16.0 Å². The number of rotatable bonds is 8. The number of nitro groups is 1. The Morgan fingerprint density at radius 3 is 2.68 bits per heavy atom. The zero-order valence-electron chi connectivity index (χ0n) is 13.0. The van der Waals surface area contributed by atoms with Gasteiger partial charge in [0.25, 0.3) is 5.69 Å². The molecule has 1 aromatic rings. The van der Waals surface area contributed by atoms with Crippen LogP contribution in [0.1, 0.15) is 33.6 Å². The Hall–Kier alpha value is -2.44. The lowest BCUT2D eigenvalue weighted by molar-refractivity contribution is -0.384. The monoisotopic (exact) mass is 307 g/mol. The van der Waals surface area contributed by atoms with E-state index in [2.05, 4.69) is 10.5 Å². The third-order valence-corrected chi connectivity index (χ3v) is 3.11. The standard InChI is InChI=1S/C15H21N3O4/c1-4-8-12(15(19)22-5-2)11(3)16-17-13-9-6-7-10-14(13)18(20)21/h6-7,9-10,12,17H,4-5,8H2,1-3H3/b16-11+. The van der Waals surface area contributed by atoms with E-state index in [9.17, 15) is 14.9 Å². The lowest BCUT2D eigenvalue weighted by atomic mass is 9.99. The van der Waals surface area contributed by atoms with Crippen LogP contribution in [0.3, 0.4) is 0 Å². The van der Waals surface area contributed by atoms with E-state index in [0.29, 0.717) is 18.7 Å². The fourth-order valence-electron chi connectivity index (χ4n) is 1.98. The molecular weight excluding hydrogens is 286 g/mol. The summed E-state index contributed by atoms with van der Waals surface area (Å²) in [4.78, 5) is 22.4. The number of carbonyl (C=O) groups excluding carboxylic acids is 1. The lowest BCUT2D eigenvalue weighted by Gasteiger charge is -2.14. The molecule has 22 heavy (non-hydrogen) atoms. The molecule has 7 nitrogen and oxygen atoms in total. The number of esters is 1. The number of hydrogen-bond donors (Lipinski definition) is 1. The van der Waals surface area contributed by atoms with Crippen molar-refractivity contribution >= 4 is 23.1 Å². The van der Waals surface area contributed by atoms with E-state index in [1.165, 1.54) is 6.07 Å². The van der Waals surface area contributed by atoms with Crippen molar-refractivity contribution in [2.24, 2.45) is 11.0 Å². The number of carbonyl (C=O) groups is 1. The summed E-state index contributed by atoms with van der Waals surface area (Å²) >= 11 is 0. The van der Waals surface area contributed by atoms with Gasteiger partial charge in [-0.25, -0.2) is 0 Å². The van der Waals surface area contributed by atoms with Gasteiger partial charge in [0.15, 0.2) is 0 Å². The molecule has 1 rings (SSSR count). The van der Waals surface area contributed by atoms with Gasteiger partial charge < -0.3 is 4.74 Å². The van der Waals surface area contributed by atoms with Crippen molar-refractivity contribution in [3.05, 3.63) is 34.4 Å². The highest BCUT2D eigenvalue weighted by molar-refractivity contribution is 6.01. The molecule has 0 saturated carbocycles. The van der Waals surface area contributed by atoms with E-state index in [1.807, 2.05) is 6.92 Å². The molecule has 1 unspecified atom stereocenters. The fraction of sp³-hybridized carbons (Fsp3) is 0.467. The Morgan fingerprint density at radius 1 is 1.41 bits per heavy atom. The number of nitrogens with one attached hydrogen (secondary N) is 1. The maximum atomic E-state index is 11.9. The topological polar surface area (TPSA) is 93.8 Å². The molecule has 0 amide bonds. The van der Waals surface area contributed by atoms with Gasteiger partial charge in [0.1, 0.15) is 5.69 Å². The van der Waals surface area contributed by atoms with Crippen LogP contribution in [-0.2, 0) is 9.53 Å². The van der Waals surface area contributed by atoms with Gasteiger partial charge in [-0.3, -0.25) is 20.3 Å². The fourth-order valence-corrected chi connectivity index (χ4v) is 1.98. The van der Waals surface area contributed by atoms with Gasteiger partial charge in [-0.05, 0) is 26.3 Å². The molecule has 0 aliphatic heterocycles. The molecule has 1 atom stereocenters. The first kappa shape index (κ1) is 17.6. The Kier molecular flexibility index (Phi) is 7.01. The third kappa shape index (κ3) is 4.83. The molecule has 0 aromatic heterocycles. The molecule has 0 saturated heterocycles. The zero-order chi connectivity index (χ0) is 16.5. The lowest BCUT2D eigenvalue weighted by Crippen LogP contribution is -2.25. The van der Waals surface area contributed by atoms with Crippen molar-refractivity contribution < 1.29 is 14.5 Å². The number of nitrogens with zero attached hydrogens (tertiary/aromatic N) is 2. The molecule has 0 spiro atoms. The predicted octanol–water partition coefficient (Wildman–Crippen LogP) is 3.36. The van der Waals surface area contributed by atoms with Crippen LogP contribution in [0.5, 0.6) is 0 Å². The van der Waals surface area contributed by atoms with Gasteiger partial charge in [-0.2, -0.15) is 5.10 Å². The normalized spacial score (nSPS) is 12.6. The number of nitro benzene ring substituents is 1. The van der Waals surface area contributed by atoms with Crippen molar-refractivity contribution in [3.8, 4) is 0 Å². The molecule has 0 fully saturated rings. The van der Waals surface area contributed by atoms with E-state index < -0.39 is 10.8 Å². The van der Waals surface area contributed by atoms with E-state index in [-0.39, 0.29) is 17.3 Å². The largest absolute Gasteiger partial charge is 0.465 e. The van der Waals surface area contributed by atoms with Crippen molar-refractivity contribution in [3.63, 3.8) is 0 Å². The summed E-state index contributed by atoms with van der Waals surface area (Å²) in [6, 6.07) is 6.21. The van der Waals surface area contributed by atoms with E-state index in [1.54, 1.807) is 32.0 Å². The molecule has 1 aromatic carbocycles. The van der Waals surface area contributed by atoms with E-state index in [4.69, 9.17) is 4.74 Å². The average molecular weight is 307 g/mol. The minimum atomic E-state index is -0.484. The summed E-state index contributed by atoms with van der Waals surface area (Å²) < 4.78 is 5.04. The maximum absolute atomic E-state index is 11.9. The van der Waals surface area contributed by atoms with Crippen molar-refractivity contribution in [1.29, 1.82) is 0 Å². The van der Waals surface area contributed by atoms with Crippen molar-refractivity contribution in [1.82, 2.24) is 0 Å². The highest BCUT2D eigenvalue weighted by atomic mass is 16.6. The molecule has 7 heteroatoms. The first-order valence-electron chi connectivity index (χ1n) is 7.21. The smallest absolute Gasteiger partial charge is 0.314 e. The quantitative estimate of drug-likeness (QED) is 0.344. The van der Waals surface area contributed by atoms with Crippen LogP contribution in [-0.4, -0.2) is 23.2 Å². The predicted molar refractivity (Wildman–Crippen MR) is 84.9 cm³/mol. The molecular formula is C15H21N3O4. The minimum Gasteiger partial charge on any atom is -0.465 e.